The second-order valence-corrected chi connectivity index (χ2v) is 6.13. The number of nitrogens with zero attached hydrogens (tertiary/aromatic N) is 2. The zero-order chi connectivity index (χ0) is 16.5. The van der Waals surface area contributed by atoms with Crippen LogP contribution in [0.5, 0.6) is 0 Å². The van der Waals surface area contributed by atoms with E-state index in [1.807, 2.05) is 18.7 Å². The van der Waals surface area contributed by atoms with Crippen LogP contribution in [0.3, 0.4) is 0 Å². The molecule has 0 atom stereocenters. The van der Waals surface area contributed by atoms with Gasteiger partial charge < -0.3 is 14.8 Å². The van der Waals surface area contributed by atoms with E-state index in [1.165, 1.54) is 11.3 Å². The van der Waals surface area contributed by atoms with Crippen molar-refractivity contribution in [2.45, 2.75) is 13.8 Å². The first-order valence-electron chi connectivity index (χ1n) is 7.03. The highest BCUT2D eigenvalue weighted by Crippen LogP contribution is 2.31. The number of methoxy groups -OCH3 is 2. The van der Waals surface area contributed by atoms with Crippen LogP contribution in [-0.2, 0) is 14.3 Å². The molecule has 6 nitrogen and oxygen atoms in total. The molecule has 1 rings (SSSR count). The maximum absolute atomic E-state index is 12.2. The molecule has 1 amide bonds. The highest BCUT2D eigenvalue weighted by atomic mass is 32.1. The lowest BCUT2D eigenvalue weighted by atomic mass is 10.2. The standard InChI is InChI=1S/C15H23N3O3S/c1-11-12(2)22-15(13(11)9-16)17-14(19)10-18(5-7-20-3)6-8-21-4/h5-8,10H2,1-4H3,(H,17,19). The number of aryl methyl sites for hydroxylation is 1. The van der Waals surface area contributed by atoms with E-state index in [4.69, 9.17) is 9.47 Å². The Hall–Kier alpha value is -1.46. The molecule has 0 aliphatic rings. The summed E-state index contributed by atoms with van der Waals surface area (Å²) < 4.78 is 10.1. The summed E-state index contributed by atoms with van der Waals surface area (Å²) >= 11 is 1.43. The summed E-state index contributed by atoms with van der Waals surface area (Å²) in [7, 11) is 3.26. The Labute approximate surface area is 135 Å². The van der Waals surface area contributed by atoms with Crippen molar-refractivity contribution in [3.63, 3.8) is 0 Å². The van der Waals surface area contributed by atoms with Gasteiger partial charge in [-0.3, -0.25) is 9.69 Å². The molecule has 1 aromatic rings. The number of carbonyl (C=O) groups is 1. The lowest BCUT2D eigenvalue weighted by Crippen LogP contribution is -2.37. The first-order chi connectivity index (χ1) is 10.5. The van der Waals surface area contributed by atoms with Crippen molar-refractivity contribution in [3.05, 3.63) is 16.0 Å². The van der Waals surface area contributed by atoms with Crippen molar-refractivity contribution in [1.29, 1.82) is 5.26 Å². The largest absolute Gasteiger partial charge is 0.383 e. The first-order valence-corrected chi connectivity index (χ1v) is 7.85. The summed E-state index contributed by atoms with van der Waals surface area (Å²) in [5, 5.41) is 12.7. The summed E-state index contributed by atoms with van der Waals surface area (Å²) in [5.41, 5.74) is 1.48. The highest BCUT2D eigenvalue weighted by Gasteiger charge is 2.16. The number of nitrogens with one attached hydrogen (secondary N) is 1. The Bertz CT molecular complexity index is 529. The van der Waals surface area contributed by atoms with Crippen molar-refractivity contribution in [1.82, 2.24) is 4.90 Å². The molecule has 0 unspecified atom stereocenters. The van der Waals surface area contributed by atoms with Crippen LogP contribution < -0.4 is 5.32 Å². The average Bonchev–Trinajstić information content (AvgIpc) is 2.75. The maximum atomic E-state index is 12.2. The molecule has 0 aliphatic heterocycles. The van der Waals surface area contributed by atoms with Gasteiger partial charge in [0.25, 0.3) is 0 Å². The molecule has 0 saturated heterocycles. The number of thiophene rings is 1. The Balaban J connectivity index is 2.66. The molecule has 0 aliphatic carbocycles. The van der Waals surface area contributed by atoms with Gasteiger partial charge in [0.15, 0.2) is 0 Å². The fourth-order valence-corrected chi connectivity index (χ4v) is 2.96. The van der Waals surface area contributed by atoms with E-state index in [9.17, 15) is 10.1 Å². The summed E-state index contributed by atoms with van der Waals surface area (Å²) in [6, 6.07) is 2.15. The summed E-state index contributed by atoms with van der Waals surface area (Å²) in [6.07, 6.45) is 0. The van der Waals surface area contributed by atoms with Crippen molar-refractivity contribution in [3.8, 4) is 6.07 Å². The third-order valence-corrected chi connectivity index (χ3v) is 4.46. The van der Waals surface area contributed by atoms with E-state index in [1.54, 1.807) is 14.2 Å². The molecular formula is C15H23N3O3S. The lowest BCUT2D eigenvalue weighted by molar-refractivity contribution is -0.117. The molecule has 0 bridgehead atoms. The normalized spacial score (nSPS) is 10.7. The molecule has 0 fully saturated rings. The molecule has 1 N–H and O–H groups in total. The maximum Gasteiger partial charge on any atom is 0.239 e. The van der Waals surface area contributed by atoms with Crippen molar-refractivity contribution in [2.24, 2.45) is 0 Å². The molecule has 1 heterocycles. The average molecular weight is 325 g/mol. The molecule has 0 spiro atoms. The minimum Gasteiger partial charge on any atom is -0.383 e. The number of ether oxygens (including phenoxy) is 2. The number of nitriles is 1. The number of anilines is 1. The lowest BCUT2D eigenvalue weighted by Gasteiger charge is -2.20. The van der Waals surface area contributed by atoms with Gasteiger partial charge in [-0.05, 0) is 19.4 Å². The zero-order valence-electron chi connectivity index (χ0n) is 13.6. The van der Waals surface area contributed by atoms with Crippen LogP contribution in [0.25, 0.3) is 0 Å². The molecule has 1 aromatic heterocycles. The van der Waals surface area contributed by atoms with Gasteiger partial charge in [-0.1, -0.05) is 0 Å². The van der Waals surface area contributed by atoms with E-state index in [0.29, 0.717) is 36.9 Å². The van der Waals surface area contributed by atoms with Crippen LogP contribution in [0.1, 0.15) is 16.0 Å². The fraction of sp³-hybridized carbons (Fsp3) is 0.600. The molecule has 122 valence electrons. The molecule has 0 saturated carbocycles. The molecular weight excluding hydrogens is 302 g/mol. The Morgan fingerprint density at radius 1 is 1.27 bits per heavy atom. The third kappa shape index (κ3) is 5.39. The molecule has 0 aromatic carbocycles. The van der Waals surface area contributed by atoms with Crippen LogP contribution in [-0.4, -0.2) is 57.9 Å². The second kappa shape index (κ2) is 9.54. The van der Waals surface area contributed by atoms with Gasteiger partial charge >= 0.3 is 0 Å². The summed E-state index contributed by atoms with van der Waals surface area (Å²) in [5.74, 6) is -0.134. The van der Waals surface area contributed by atoms with Crippen LogP contribution in [0.2, 0.25) is 0 Å². The van der Waals surface area contributed by atoms with E-state index >= 15 is 0 Å². The van der Waals surface area contributed by atoms with Gasteiger partial charge in [0.1, 0.15) is 11.1 Å². The van der Waals surface area contributed by atoms with Crippen LogP contribution in [0.15, 0.2) is 0 Å². The summed E-state index contributed by atoms with van der Waals surface area (Å²) in [4.78, 5) is 15.2. The van der Waals surface area contributed by atoms with E-state index in [-0.39, 0.29) is 12.5 Å². The fourth-order valence-electron chi connectivity index (χ4n) is 1.93. The SMILES string of the molecule is COCCN(CCOC)CC(=O)Nc1sc(C)c(C)c1C#N. The Kier molecular flexibility index (Phi) is 8.06. The topological polar surface area (TPSA) is 74.6 Å². The number of carbonyl (C=O) groups excluding carboxylic acids is 1. The summed E-state index contributed by atoms with van der Waals surface area (Å²) in [6.45, 7) is 6.49. The van der Waals surface area contributed by atoms with E-state index in [0.717, 1.165) is 10.4 Å². The van der Waals surface area contributed by atoms with E-state index in [2.05, 4.69) is 11.4 Å². The van der Waals surface area contributed by atoms with Crippen LogP contribution in [0.4, 0.5) is 5.00 Å². The minimum absolute atomic E-state index is 0.134. The monoisotopic (exact) mass is 325 g/mol. The van der Waals surface area contributed by atoms with Gasteiger partial charge in [0.2, 0.25) is 5.91 Å². The minimum atomic E-state index is -0.134. The number of rotatable bonds is 9. The van der Waals surface area contributed by atoms with E-state index < -0.39 is 0 Å². The molecule has 22 heavy (non-hydrogen) atoms. The molecule has 0 radical (unpaired) electrons. The van der Waals surface area contributed by atoms with Crippen molar-refractivity contribution >= 4 is 22.2 Å². The second-order valence-electron chi connectivity index (χ2n) is 4.91. The zero-order valence-corrected chi connectivity index (χ0v) is 14.4. The quantitative estimate of drug-likeness (QED) is 0.749. The van der Waals surface area contributed by atoms with Gasteiger partial charge in [-0.15, -0.1) is 11.3 Å². The van der Waals surface area contributed by atoms with Gasteiger partial charge in [-0.2, -0.15) is 5.26 Å². The predicted octanol–water partition coefficient (Wildman–Crippen LogP) is 1.77. The van der Waals surface area contributed by atoms with Crippen molar-refractivity contribution < 1.29 is 14.3 Å². The Morgan fingerprint density at radius 3 is 2.36 bits per heavy atom. The van der Waals surface area contributed by atoms with Crippen molar-refractivity contribution in [2.75, 3.05) is 52.4 Å². The number of amides is 1. The predicted molar refractivity (Wildman–Crippen MR) is 87.3 cm³/mol. The number of hydrogen-bond donors (Lipinski definition) is 1. The highest BCUT2D eigenvalue weighted by molar-refractivity contribution is 7.16. The van der Waals surface area contributed by atoms with Gasteiger partial charge in [0, 0.05) is 32.2 Å². The number of hydrogen-bond acceptors (Lipinski definition) is 6. The van der Waals surface area contributed by atoms with Crippen LogP contribution >= 0.6 is 11.3 Å². The third-order valence-electron chi connectivity index (χ3n) is 3.34. The Morgan fingerprint density at radius 2 is 1.86 bits per heavy atom. The first kappa shape index (κ1) is 18.6. The van der Waals surface area contributed by atoms with Crippen LogP contribution in [0, 0.1) is 25.2 Å². The van der Waals surface area contributed by atoms with Gasteiger partial charge in [-0.25, -0.2) is 0 Å². The molecule has 7 heteroatoms. The van der Waals surface area contributed by atoms with Gasteiger partial charge in [0.05, 0.1) is 25.3 Å². The smallest absolute Gasteiger partial charge is 0.239 e.